The van der Waals surface area contributed by atoms with Crippen molar-refractivity contribution in [3.05, 3.63) is 11.6 Å². The molecule has 2 unspecified atom stereocenters. The van der Waals surface area contributed by atoms with Crippen molar-refractivity contribution in [2.45, 2.75) is 117 Å². The topological polar surface area (TPSA) is 26.0 Å². The molecule has 0 bridgehead atoms. The second-order valence-electron chi connectivity index (χ2n) is 12.0. The number of unbranched alkanes of at least 4 members (excludes halogenated alkanes) is 1. The Morgan fingerprint density at radius 2 is 1.85 bits per heavy atom. The Bertz CT molecular complexity index is 569. The third kappa shape index (κ3) is 3.56. The van der Waals surface area contributed by atoms with Crippen molar-refractivity contribution in [2.75, 3.05) is 0 Å². The molecule has 4 aliphatic carbocycles. The van der Waals surface area contributed by atoms with Gasteiger partial charge in [0.1, 0.15) is 0 Å². The van der Waals surface area contributed by atoms with Crippen LogP contribution < -0.4 is 5.73 Å². The van der Waals surface area contributed by atoms with Gasteiger partial charge in [0.15, 0.2) is 0 Å². The van der Waals surface area contributed by atoms with Crippen molar-refractivity contribution in [3.8, 4) is 0 Å². The third-order valence-electron chi connectivity index (χ3n) is 9.84. The zero-order chi connectivity index (χ0) is 19.3. The van der Waals surface area contributed by atoms with Crippen LogP contribution >= 0.6 is 0 Å². The smallest absolute Gasteiger partial charge is 0.00970 e. The van der Waals surface area contributed by atoms with Crippen LogP contribution in [0.25, 0.3) is 0 Å². The molecule has 6 atom stereocenters. The van der Waals surface area contributed by atoms with Crippen LogP contribution in [0.2, 0.25) is 0 Å². The number of hydrogen-bond acceptors (Lipinski definition) is 1. The van der Waals surface area contributed by atoms with Crippen LogP contribution in [0.15, 0.2) is 11.6 Å². The maximum absolute atomic E-state index is 6.20. The van der Waals surface area contributed by atoms with E-state index in [1.165, 1.54) is 83.5 Å². The summed E-state index contributed by atoms with van der Waals surface area (Å²) in [6.07, 6.45) is 21.3. The monoisotopic (exact) mass is 371 g/mol. The van der Waals surface area contributed by atoms with E-state index in [1.807, 2.05) is 5.57 Å². The highest BCUT2D eigenvalue weighted by Crippen LogP contribution is 2.66. The Morgan fingerprint density at radius 3 is 2.63 bits per heavy atom. The van der Waals surface area contributed by atoms with Crippen LogP contribution in [0.3, 0.4) is 0 Å². The maximum atomic E-state index is 6.20. The molecular formula is C26H45N. The molecule has 2 N–H and O–H groups in total. The fraction of sp³-hybridized carbons (Fsp3) is 0.923. The van der Waals surface area contributed by atoms with Crippen molar-refractivity contribution in [1.82, 2.24) is 0 Å². The highest BCUT2D eigenvalue weighted by atomic mass is 14.7. The van der Waals surface area contributed by atoms with Crippen LogP contribution in [0.1, 0.15) is 111 Å². The van der Waals surface area contributed by atoms with Crippen molar-refractivity contribution in [1.29, 1.82) is 0 Å². The van der Waals surface area contributed by atoms with E-state index in [0.717, 1.165) is 23.7 Å². The minimum Gasteiger partial charge on any atom is -0.326 e. The lowest BCUT2D eigenvalue weighted by Gasteiger charge is -2.57. The molecule has 0 heterocycles. The Hall–Kier alpha value is -0.300. The Balaban J connectivity index is 1.43. The second kappa shape index (κ2) is 7.19. The molecular weight excluding hydrogens is 326 g/mol. The molecule has 0 amide bonds. The van der Waals surface area contributed by atoms with Gasteiger partial charge in [0, 0.05) is 5.54 Å². The van der Waals surface area contributed by atoms with E-state index in [9.17, 15) is 0 Å². The standard InChI is InChI=1S/C26H45N/c1-24(2,27)16-7-5-9-20-12-14-22-21-13-11-19-10-6-8-17-25(19,3)23(21)15-18-26(20,22)4/h11,20-23H,5-10,12-18,27H2,1-4H3/t20?,21-,22-,23?,25-,26+/m0/s1. The summed E-state index contributed by atoms with van der Waals surface area (Å²) in [4.78, 5) is 0. The number of fused-ring (bicyclic) bond motifs is 5. The van der Waals surface area contributed by atoms with Gasteiger partial charge in [0.2, 0.25) is 0 Å². The average molecular weight is 372 g/mol. The molecule has 3 saturated carbocycles. The molecule has 0 aromatic rings. The SMILES string of the molecule is CC(C)(N)CCCCC1CC[C@H]2[C@@H]3CC=C4CCCC[C@]4(C)C3CC[C@]12C. The van der Waals surface area contributed by atoms with E-state index in [2.05, 4.69) is 33.8 Å². The van der Waals surface area contributed by atoms with Crippen LogP contribution in [0, 0.1) is 34.5 Å². The van der Waals surface area contributed by atoms with Crippen LogP contribution in [0.5, 0.6) is 0 Å². The van der Waals surface area contributed by atoms with Gasteiger partial charge in [-0.3, -0.25) is 0 Å². The van der Waals surface area contributed by atoms with Gasteiger partial charge in [-0.1, -0.05) is 44.8 Å². The molecule has 0 radical (unpaired) electrons. The van der Waals surface area contributed by atoms with E-state index in [-0.39, 0.29) is 5.54 Å². The van der Waals surface area contributed by atoms with Gasteiger partial charge < -0.3 is 5.73 Å². The first kappa shape index (κ1) is 20.0. The number of allylic oxidation sites excluding steroid dienone is 2. The van der Waals surface area contributed by atoms with E-state index in [4.69, 9.17) is 5.73 Å². The summed E-state index contributed by atoms with van der Waals surface area (Å²) in [5.74, 6) is 3.97. The summed E-state index contributed by atoms with van der Waals surface area (Å²) in [6.45, 7) is 9.70. The lowest BCUT2D eigenvalue weighted by atomic mass is 9.47. The minimum absolute atomic E-state index is 0.0156. The van der Waals surface area contributed by atoms with Crippen LogP contribution in [-0.2, 0) is 0 Å². The van der Waals surface area contributed by atoms with E-state index >= 15 is 0 Å². The lowest BCUT2D eigenvalue weighted by Crippen LogP contribution is -2.49. The maximum Gasteiger partial charge on any atom is 0.00970 e. The lowest BCUT2D eigenvalue weighted by molar-refractivity contribution is -0.0425. The van der Waals surface area contributed by atoms with Gasteiger partial charge in [0.25, 0.3) is 0 Å². The van der Waals surface area contributed by atoms with E-state index < -0.39 is 0 Å². The molecule has 0 aromatic carbocycles. The summed E-state index contributed by atoms with van der Waals surface area (Å²) >= 11 is 0. The molecule has 1 heteroatoms. The highest BCUT2D eigenvalue weighted by molar-refractivity contribution is 5.24. The van der Waals surface area contributed by atoms with Gasteiger partial charge in [-0.25, -0.2) is 0 Å². The minimum atomic E-state index is 0.0156. The number of nitrogens with two attached hydrogens (primary N) is 1. The second-order valence-corrected chi connectivity index (χ2v) is 12.0. The van der Waals surface area contributed by atoms with Gasteiger partial charge in [-0.2, -0.15) is 0 Å². The molecule has 3 fully saturated rings. The zero-order valence-electron chi connectivity index (χ0n) is 18.7. The van der Waals surface area contributed by atoms with Gasteiger partial charge in [-0.15, -0.1) is 0 Å². The van der Waals surface area contributed by atoms with Crippen molar-refractivity contribution >= 4 is 0 Å². The van der Waals surface area contributed by atoms with Crippen LogP contribution in [-0.4, -0.2) is 5.54 Å². The van der Waals surface area contributed by atoms with Crippen molar-refractivity contribution in [2.24, 2.45) is 40.2 Å². The average Bonchev–Trinajstić information content (AvgIpc) is 2.94. The predicted molar refractivity (Wildman–Crippen MR) is 117 cm³/mol. The molecule has 27 heavy (non-hydrogen) atoms. The number of rotatable bonds is 5. The first-order valence-corrected chi connectivity index (χ1v) is 12.2. The molecule has 0 saturated heterocycles. The molecule has 0 aromatic heterocycles. The molecule has 0 spiro atoms. The highest BCUT2D eigenvalue weighted by Gasteiger charge is 2.57. The van der Waals surface area contributed by atoms with Gasteiger partial charge in [-0.05, 0) is 113 Å². The molecule has 4 aliphatic rings. The Morgan fingerprint density at radius 1 is 1.04 bits per heavy atom. The fourth-order valence-electron chi connectivity index (χ4n) is 8.25. The number of hydrogen-bond donors (Lipinski definition) is 1. The van der Waals surface area contributed by atoms with E-state index in [0.29, 0.717) is 10.8 Å². The molecule has 1 nitrogen and oxygen atoms in total. The van der Waals surface area contributed by atoms with E-state index in [1.54, 1.807) is 0 Å². The predicted octanol–water partition coefficient (Wildman–Crippen LogP) is 7.25. The van der Waals surface area contributed by atoms with Gasteiger partial charge >= 0.3 is 0 Å². The molecule has 154 valence electrons. The fourth-order valence-corrected chi connectivity index (χ4v) is 8.25. The molecule has 0 aliphatic heterocycles. The first-order valence-electron chi connectivity index (χ1n) is 12.2. The normalized spacial score (nSPS) is 44.3. The summed E-state index contributed by atoms with van der Waals surface area (Å²) < 4.78 is 0. The largest absolute Gasteiger partial charge is 0.326 e. The summed E-state index contributed by atoms with van der Waals surface area (Å²) in [6, 6.07) is 0. The summed E-state index contributed by atoms with van der Waals surface area (Å²) in [5, 5.41) is 0. The zero-order valence-corrected chi connectivity index (χ0v) is 18.7. The van der Waals surface area contributed by atoms with Crippen molar-refractivity contribution in [3.63, 3.8) is 0 Å². The first-order chi connectivity index (χ1) is 12.7. The van der Waals surface area contributed by atoms with Crippen LogP contribution in [0.4, 0.5) is 0 Å². The van der Waals surface area contributed by atoms with Crippen molar-refractivity contribution < 1.29 is 0 Å². The summed E-state index contributed by atoms with van der Waals surface area (Å²) in [7, 11) is 0. The Labute approximate surface area is 168 Å². The quantitative estimate of drug-likeness (QED) is 0.399. The molecule has 4 rings (SSSR count). The third-order valence-corrected chi connectivity index (χ3v) is 9.84. The Kier molecular flexibility index (Phi) is 5.32. The summed E-state index contributed by atoms with van der Waals surface area (Å²) in [5.41, 5.74) is 9.27. The van der Waals surface area contributed by atoms with Gasteiger partial charge in [0.05, 0.1) is 0 Å².